The molecule has 0 bridgehead atoms. The topological polar surface area (TPSA) is 52.8 Å². The third-order valence-corrected chi connectivity index (χ3v) is 4.52. The summed E-state index contributed by atoms with van der Waals surface area (Å²) in [4.78, 5) is 12.6. The summed E-state index contributed by atoms with van der Waals surface area (Å²) in [7, 11) is 1.70. The van der Waals surface area contributed by atoms with Gasteiger partial charge in [-0.1, -0.05) is 18.2 Å². The number of aryl methyl sites for hydroxylation is 1. The Morgan fingerprint density at radius 1 is 0.960 bits per heavy atom. The molecule has 0 aliphatic heterocycles. The highest BCUT2D eigenvalue weighted by Crippen LogP contribution is 2.34. The van der Waals surface area contributed by atoms with Crippen molar-refractivity contribution in [3.63, 3.8) is 0 Å². The van der Waals surface area contributed by atoms with E-state index in [9.17, 15) is 0 Å². The molecule has 4 aromatic rings. The molecule has 4 rings (SSSR count). The van der Waals surface area contributed by atoms with Gasteiger partial charge in [0.15, 0.2) is 5.82 Å². The van der Waals surface area contributed by atoms with E-state index in [1.54, 1.807) is 7.11 Å². The first-order valence-electron chi connectivity index (χ1n) is 8.07. The van der Waals surface area contributed by atoms with Gasteiger partial charge < -0.3 is 9.30 Å². The van der Waals surface area contributed by atoms with Crippen molar-refractivity contribution in [3.8, 4) is 22.8 Å². The van der Waals surface area contributed by atoms with E-state index in [2.05, 4.69) is 57.6 Å². The van der Waals surface area contributed by atoms with Crippen LogP contribution in [-0.4, -0.2) is 26.6 Å². The quantitative estimate of drug-likeness (QED) is 0.567. The van der Waals surface area contributed by atoms with Crippen LogP contribution in [0.25, 0.3) is 28.0 Å². The Labute approximate surface area is 146 Å². The smallest absolute Gasteiger partial charge is 0.163 e. The van der Waals surface area contributed by atoms with Crippen LogP contribution in [-0.2, 0) is 0 Å². The maximum atomic E-state index is 5.55. The summed E-state index contributed by atoms with van der Waals surface area (Å²) < 4.78 is 7.71. The van der Waals surface area contributed by atoms with Crippen molar-refractivity contribution in [2.75, 3.05) is 7.11 Å². The van der Waals surface area contributed by atoms with Gasteiger partial charge in [-0.05, 0) is 43.2 Å². The van der Waals surface area contributed by atoms with Crippen LogP contribution < -0.4 is 4.74 Å². The highest BCUT2D eigenvalue weighted by molar-refractivity contribution is 5.89. The van der Waals surface area contributed by atoms with Gasteiger partial charge in [0.25, 0.3) is 0 Å². The van der Waals surface area contributed by atoms with E-state index in [1.807, 2.05) is 18.3 Å². The summed E-state index contributed by atoms with van der Waals surface area (Å²) in [5, 5.41) is 1.09. The largest absolute Gasteiger partial charge is 0.494 e. The molecule has 0 atom stereocenters. The predicted molar refractivity (Wildman–Crippen MR) is 98.1 cm³/mol. The number of aromatic nitrogens is 4. The Morgan fingerprint density at radius 3 is 2.48 bits per heavy atom. The monoisotopic (exact) mass is 330 g/mol. The fourth-order valence-electron chi connectivity index (χ4n) is 3.32. The maximum Gasteiger partial charge on any atom is 0.163 e. The molecule has 0 N–H and O–H groups in total. The van der Waals surface area contributed by atoms with Crippen molar-refractivity contribution in [2.45, 2.75) is 13.8 Å². The lowest BCUT2D eigenvalue weighted by Crippen LogP contribution is -2.01. The Balaban J connectivity index is 1.99. The molecule has 5 heteroatoms. The molecule has 25 heavy (non-hydrogen) atoms. The molecule has 0 aliphatic carbocycles. The summed E-state index contributed by atoms with van der Waals surface area (Å²) in [6.45, 7) is 4.17. The number of hydrogen-bond acceptors (Lipinski definition) is 4. The van der Waals surface area contributed by atoms with Crippen LogP contribution in [0.15, 0.2) is 55.2 Å². The van der Waals surface area contributed by atoms with Gasteiger partial charge in [0.05, 0.1) is 18.8 Å². The zero-order valence-corrected chi connectivity index (χ0v) is 14.4. The number of fused-ring (bicyclic) bond motifs is 1. The van der Waals surface area contributed by atoms with E-state index in [1.165, 1.54) is 12.7 Å². The molecule has 0 aliphatic rings. The minimum atomic E-state index is 0.690. The second-order valence-corrected chi connectivity index (χ2v) is 5.95. The summed E-state index contributed by atoms with van der Waals surface area (Å²) in [6.07, 6.45) is 5.09. The molecule has 0 fully saturated rings. The molecule has 0 unspecified atom stereocenters. The standard InChI is InChI=1S/C20H18N4O/c1-13-8-9-16(14(2)19(13)20-22-11-21-12-23-20)24-10-18(25-3)15-6-4-5-7-17(15)24/h4-12H,1-3H3. The molecule has 0 saturated heterocycles. The molecule has 2 aromatic heterocycles. The molecule has 124 valence electrons. The predicted octanol–water partition coefficient (Wildman–Crippen LogP) is 4.11. The van der Waals surface area contributed by atoms with Gasteiger partial charge in [-0.3, -0.25) is 0 Å². The first-order chi connectivity index (χ1) is 12.2. The number of hydrogen-bond donors (Lipinski definition) is 0. The van der Waals surface area contributed by atoms with Gasteiger partial charge in [0, 0.05) is 16.6 Å². The van der Waals surface area contributed by atoms with Crippen molar-refractivity contribution in [2.24, 2.45) is 0 Å². The SMILES string of the molecule is COc1cn(-c2ccc(C)c(-c3ncncn3)c2C)c2ccccc12. The van der Waals surface area contributed by atoms with Gasteiger partial charge in [-0.25, -0.2) is 15.0 Å². The summed E-state index contributed by atoms with van der Waals surface area (Å²) in [5.74, 6) is 1.55. The summed E-state index contributed by atoms with van der Waals surface area (Å²) in [6, 6.07) is 12.5. The molecule has 2 heterocycles. The van der Waals surface area contributed by atoms with Crippen LogP contribution in [0.3, 0.4) is 0 Å². The van der Waals surface area contributed by atoms with Crippen LogP contribution in [0, 0.1) is 13.8 Å². The number of benzene rings is 2. The molecule has 0 radical (unpaired) electrons. The van der Waals surface area contributed by atoms with Gasteiger partial charge >= 0.3 is 0 Å². The summed E-state index contributed by atoms with van der Waals surface area (Å²) in [5.41, 5.74) is 5.48. The Bertz CT molecular complexity index is 1050. The second-order valence-electron chi connectivity index (χ2n) is 5.95. The van der Waals surface area contributed by atoms with E-state index in [0.29, 0.717) is 5.82 Å². The average molecular weight is 330 g/mol. The van der Waals surface area contributed by atoms with Crippen molar-refractivity contribution < 1.29 is 4.74 Å². The Hall–Kier alpha value is -3.21. The zero-order chi connectivity index (χ0) is 17.4. The molecular formula is C20H18N4O. The van der Waals surface area contributed by atoms with Crippen LogP contribution in [0.4, 0.5) is 0 Å². The van der Waals surface area contributed by atoms with E-state index in [0.717, 1.165) is 39.0 Å². The molecular weight excluding hydrogens is 312 g/mol. The highest BCUT2D eigenvalue weighted by Gasteiger charge is 2.16. The molecule has 2 aromatic carbocycles. The third-order valence-electron chi connectivity index (χ3n) is 4.52. The van der Waals surface area contributed by atoms with Crippen LogP contribution in [0.1, 0.15) is 11.1 Å². The number of para-hydroxylation sites is 1. The van der Waals surface area contributed by atoms with Crippen LogP contribution in [0.2, 0.25) is 0 Å². The highest BCUT2D eigenvalue weighted by atomic mass is 16.5. The van der Waals surface area contributed by atoms with Gasteiger partial charge in [-0.15, -0.1) is 0 Å². The molecule has 5 nitrogen and oxygen atoms in total. The van der Waals surface area contributed by atoms with E-state index in [-0.39, 0.29) is 0 Å². The third kappa shape index (κ3) is 2.45. The van der Waals surface area contributed by atoms with Crippen LogP contribution in [0.5, 0.6) is 5.75 Å². The number of nitrogens with zero attached hydrogens (tertiary/aromatic N) is 4. The Kier molecular flexibility index (Phi) is 3.69. The van der Waals surface area contributed by atoms with Crippen molar-refractivity contribution in [1.29, 1.82) is 0 Å². The van der Waals surface area contributed by atoms with Crippen LogP contribution >= 0.6 is 0 Å². The second kappa shape index (κ2) is 6.02. The molecule has 0 saturated carbocycles. The van der Waals surface area contributed by atoms with Gasteiger partial charge in [-0.2, -0.15) is 0 Å². The molecule has 0 spiro atoms. The average Bonchev–Trinajstić information content (AvgIpc) is 3.02. The summed E-state index contributed by atoms with van der Waals surface area (Å²) >= 11 is 0. The van der Waals surface area contributed by atoms with Gasteiger partial charge in [0.1, 0.15) is 18.4 Å². The lowest BCUT2D eigenvalue weighted by molar-refractivity contribution is 0.419. The van der Waals surface area contributed by atoms with Crippen molar-refractivity contribution in [3.05, 3.63) is 66.4 Å². The fraction of sp³-hybridized carbons (Fsp3) is 0.150. The van der Waals surface area contributed by atoms with Crippen molar-refractivity contribution >= 4 is 10.9 Å². The van der Waals surface area contributed by atoms with Crippen molar-refractivity contribution in [1.82, 2.24) is 19.5 Å². The lowest BCUT2D eigenvalue weighted by Gasteiger charge is -2.15. The van der Waals surface area contributed by atoms with E-state index < -0.39 is 0 Å². The minimum absolute atomic E-state index is 0.690. The van der Waals surface area contributed by atoms with Gasteiger partial charge in [0.2, 0.25) is 0 Å². The normalized spacial score (nSPS) is 11.0. The number of rotatable bonds is 3. The number of ether oxygens (including phenoxy) is 1. The fourth-order valence-corrected chi connectivity index (χ4v) is 3.32. The van der Waals surface area contributed by atoms with E-state index >= 15 is 0 Å². The van der Waals surface area contributed by atoms with E-state index in [4.69, 9.17) is 4.74 Å². The molecule has 0 amide bonds. The zero-order valence-electron chi connectivity index (χ0n) is 14.4. The minimum Gasteiger partial charge on any atom is -0.494 e. The number of methoxy groups -OCH3 is 1. The maximum absolute atomic E-state index is 5.55. The Morgan fingerprint density at radius 2 is 1.72 bits per heavy atom. The lowest BCUT2D eigenvalue weighted by atomic mass is 10.00. The first kappa shape index (κ1) is 15.3. The first-order valence-corrected chi connectivity index (χ1v) is 8.07.